The lowest BCUT2D eigenvalue weighted by Gasteiger charge is -2.24. The van der Waals surface area contributed by atoms with Gasteiger partial charge < -0.3 is 0 Å². The van der Waals surface area contributed by atoms with Gasteiger partial charge in [-0.15, -0.1) is 0 Å². The number of hydrogen-bond donors (Lipinski definition) is 0. The number of carbonyl (C=O) groups is 1. The number of rotatable bonds is 1. The lowest BCUT2D eigenvalue weighted by molar-refractivity contribution is -0.118. The van der Waals surface area contributed by atoms with E-state index < -0.39 is 9.83 Å². The highest BCUT2D eigenvalue weighted by Gasteiger charge is 2.37. The molecule has 1 aliphatic heterocycles. The maximum Gasteiger partial charge on any atom is 0.157 e. The van der Waals surface area contributed by atoms with Crippen LogP contribution in [-0.4, -0.2) is 21.8 Å². The number of ketones is 1. The van der Waals surface area contributed by atoms with E-state index in [1.807, 2.05) is 0 Å². The van der Waals surface area contributed by atoms with Crippen LogP contribution in [0.1, 0.15) is 6.92 Å². The smallest absolute Gasteiger partial charge is 0.157 e. The van der Waals surface area contributed by atoms with Crippen LogP contribution in [0.4, 0.5) is 0 Å². The van der Waals surface area contributed by atoms with Crippen LogP contribution < -0.4 is 0 Å². The van der Waals surface area contributed by atoms with Gasteiger partial charge in [-0.05, 0) is 13.0 Å². The molecular weight excluding hydrogens is 265 g/mol. The Morgan fingerprint density at radius 3 is 2.83 bits per heavy atom. The van der Waals surface area contributed by atoms with Crippen LogP contribution in [0.5, 0.6) is 0 Å². The summed E-state index contributed by atoms with van der Waals surface area (Å²) in [4.78, 5) is 14.9. The van der Waals surface area contributed by atoms with Crippen molar-refractivity contribution in [1.29, 1.82) is 0 Å². The van der Waals surface area contributed by atoms with E-state index in [2.05, 4.69) is 20.9 Å². The molecule has 0 saturated heterocycles. The maximum atomic E-state index is 11.0. The third-order valence-corrected chi connectivity index (χ3v) is 2.61. The monoisotopic (exact) mass is 269 g/mol. The summed E-state index contributed by atoms with van der Waals surface area (Å²) in [6.45, 7) is 1.44. The molecule has 0 spiro atoms. The van der Waals surface area contributed by atoms with Crippen LogP contribution >= 0.6 is 39.1 Å². The summed E-state index contributed by atoms with van der Waals surface area (Å²) in [7, 11) is 0. The van der Waals surface area contributed by atoms with Crippen LogP contribution in [0.2, 0.25) is 0 Å². The normalized spacial score (nSPS) is 34.7. The van der Waals surface area contributed by atoms with E-state index in [-0.39, 0.29) is 5.78 Å². The molecule has 2 atom stereocenters. The minimum absolute atomic E-state index is 0.0986. The second-order valence-electron chi connectivity index (χ2n) is 2.50. The quantitative estimate of drug-likeness (QED) is 0.673. The lowest BCUT2D eigenvalue weighted by Crippen LogP contribution is -2.35. The van der Waals surface area contributed by atoms with Gasteiger partial charge in [0.2, 0.25) is 0 Å². The molecule has 0 saturated carbocycles. The Morgan fingerprint density at radius 2 is 2.42 bits per heavy atom. The van der Waals surface area contributed by atoms with Crippen molar-refractivity contribution >= 4 is 51.1 Å². The van der Waals surface area contributed by atoms with E-state index in [0.717, 1.165) is 0 Å². The van der Waals surface area contributed by atoms with E-state index in [4.69, 9.17) is 23.2 Å². The summed E-state index contributed by atoms with van der Waals surface area (Å²) in [6.07, 6.45) is 2.98. The largest absolute Gasteiger partial charge is 0.297 e. The van der Waals surface area contributed by atoms with E-state index in [1.165, 1.54) is 13.1 Å². The van der Waals surface area contributed by atoms with Crippen molar-refractivity contribution in [2.75, 3.05) is 0 Å². The molecule has 0 fully saturated rings. The Hall–Kier alpha value is 0.140. The first-order valence-corrected chi connectivity index (χ1v) is 4.78. The van der Waals surface area contributed by atoms with E-state index in [1.54, 1.807) is 6.08 Å². The third-order valence-electron chi connectivity index (χ3n) is 1.43. The number of nitrogens with zero attached hydrogens (tertiary/aromatic N) is 1. The van der Waals surface area contributed by atoms with E-state index in [9.17, 15) is 4.79 Å². The molecule has 1 aliphatic rings. The molecule has 0 bridgehead atoms. The highest BCUT2D eigenvalue weighted by molar-refractivity contribution is 9.10. The Bertz CT molecular complexity index is 273. The van der Waals surface area contributed by atoms with Gasteiger partial charge in [0.05, 0.1) is 5.03 Å². The molecule has 0 aromatic heterocycles. The Morgan fingerprint density at radius 1 is 1.83 bits per heavy atom. The average molecular weight is 271 g/mol. The Balaban J connectivity index is 2.96. The molecule has 0 N–H and O–H groups in total. The summed E-state index contributed by atoms with van der Waals surface area (Å²) < 4.78 is -0.968. The van der Waals surface area contributed by atoms with Crippen LogP contribution in [0, 0.1) is 0 Å². The van der Waals surface area contributed by atoms with Gasteiger partial charge in [0.25, 0.3) is 0 Å². The molecule has 0 aliphatic carbocycles. The highest BCUT2D eigenvalue weighted by Crippen LogP contribution is 2.35. The first-order valence-electron chi connectivity index (χ1n) is 3.23. The van der Waals surface area contributed by atoms with Crippen molar-refractivity contribution in [2.24, 2.45) is 4.99 Å². The number of halogens is 3. The van der Waals surface area contributed by atoms with Crippen molar-refractivity contribution < 1.29 is 4.79 Å². The average Bonchev–Trinajstić information content (AvgIpc) is 1.82. The second kappa shape index (κ2) is 3.48. The summed E-state index contributed by atoms with van der Waals surface area (Å²) in [5.74, 6) is -0.0986. The predicted molar refractivity (Wildman–Crippen MR) is 54.4 cm³/mol. The van der Waals surface area contributed by atoms with Gasteiger partial charge >= 0.3 is 0 Å². The number of hydrogen-bond acceptors (Lipinski definition) is 2. The number of carbonyl (C=O) groups excluding carboxylic acids is 1. The Kier molecular flexibility index (Phi) is 2.97. The van der Waals surface area contributed by atoms with E-state index in [0.29, 0.717) is 5.03 Å². The lowest BCUT2D eigenvalue weighted by atomic mass is 10.1. The first-order chi connectivity index (χ1) is 5.43. The zero-order valence-electron chi connectivity index (χ0n) is 6.22. The van der Waals surface area contributed by atoms with Crippen molar-refractivity contribution in [3.8, 4) is 0 Å². The van der Waals surface area contributed by atoms with Crippen molar-refractivity contribution in [2.45, 2.75) is 16.7 Å². The van der Waals surface area contributed by atoms with Crippen molar-refractivity contribution in [1.82, 2.24) is 0 Å². The minimum atomic E-state index is -0.968. The minimum Gasteiger partial charge on any atom is -0.297 e. The number of dihydropyridines is 1. The predicted octanol–water partition coefficient (Wildman–Crippen LogP) is 2.48. The summed E-state index contributed by atoms with van der Waals surface area (Å²) in [5.41, 5.74) is 0. The van der Waals surface area contributed by atoms with Crippen LogP contribution in [0.25, 0.3) is 0 Å². The zero-order chi connectivity index (χ0) is 9.35. The standard InChI is InChI=1S/C7H6BrCl2NO/c1-4(12)6-7(8,10)2-5(9)3-11-6/h2-3,6H,1H3. The number of alkyl halides is 2. The van der Waals surface area contributed by atoms with Gasteiger partial charge in [0.15, 0.2) is 5.78 Å². The Labute approximate surface area is 88.8 Å². The number of allylic oxidation sites excluding steroid dienone is 1. The molecule has 12 heavy (non-hydrogen) atoms. The first kappa shape index (κ1) is 10.2. The van der Waals surface area contributed by atoms with Crippen molar-refractivity contribution in [3.05, 3.63) is 11.1 Å². The molecule has 2 unspecified atom stereocenters. The zero-order valence-corrected chi connectivity index (χ0v) is 9.32. The van der Waals surface area contributed by atoms with Crippen molar-refractivity contribution in [3.63, 3.8) is 0 Å². The maximum absolute atomic E-state index is 11.0. The molecule has 1 rings (SSSR count). The van der Waals surface area contributed by atoms with Gasteiger partial charge in [0.1, 0.15) is 9.83 Å². The second-order valence-corrected chi connectivity index (χ2v) is 5.33. The van der Waals surface area contributed by atoms with Gasteiger partial charge in [-0.25, -0.2) is 0 Å². The molecule has 5 heteroatoms. The van der Waals surface area contributed by atoms with Gasteiger partial charge in [-0.1, -0.05) is 39.1 Å². The fourth-order valence-corrected chi connectivity index (χ4v) is 2.35. The third kappa shape index (κ3) is 2.09. The summed E-state index contributed by atoms with van der Waals surface area (Å²) in [5, 5.41) is 0.430. The molecule has 1 heterocycles. The van der Waals surface area contributed by atoms with Crippen LogP contribution in [-0.2, 0) is 4.79 Å². The summed E-state index contributed by atoms with van der Waals surface area (Å²) >= 11 is 14.8. The van der Waals surface area contributed by atoms with Gasteiger partial charge in [-0.2, -0.15) is 0 Å². The summed E-state index contributed by atoms with van der Waals surface area (Å²) in [6, 6.07) is -0.596. The molecule has 2 nitrogen and oxygen atoms in total. The van der Waals surface area contributed by atoms with Crippen LogP contribution in [0.3, 0.4) is 0 Å². The molecule has 0 radical (unpaired) electrons. The van der Waals surface area contributed by atoms with E-state index >= 15 is 0 Å². The SMILES string of the molecule is CC(=O)C1N=CC(Cl)=CC1(Cl)Br. The molecule has 0 amide bonds. The fourth-order valence-electron chi connectivity index (χ4n) is 0.921. The van der Waals surface area contributed by atoms with Gasteiger partial charge in [-0.3, -0.25) is 9.79 Å². The molecule has 66 valence electrons. The molecule has 0 aromatic carbocycles. The fraction of sp³-hybridized carbons (Fsp3) is 0.429. The highest BCUT2D eigenvalue weighted by atomic mass is 79.9. The van der Waals surface area contributed by atoms with Crippen LogP contribution in [0.15, 0.2) is 16.1 Å². The number of Topliss-reactive ketones (excluding diaryl/α,β-unsaturated/α-hetero) is 1. The number of aliphatic imine (C=N–C) groups is 1. The molecular formula is C7H6BrCl2NO. The topological polar surface area (TPSA) is 29.4 Å². The van der Waals surface area contributed by atoms with Gasteiger partial charge in [0, 0.05) is 6.21 Å². The molecule has 0 aromatic rings.